The predicted octanol–water partition coefficient (Wildman–Crippen LogP) is 3.91. The quantitative estimate of drug-likeness (QED) is 0.582. The van der Waals surface area contributed by atoms with Crippen molar-refractivity contribution in [3.8, 4) is 5.75 Å². The highest BCUT2D eigenvalue weighted by Crippen LogP contribution is 2.18. The van der Waals surface area contributed by atoms with Crippen LogP contribution >= 0.6 is 27.3 Å². The Morgan fingerprint density at radius 2 is 2.23 bits per heavy atom. The number of thiazole rings is 1. The number of carbonyl (C=O) groups excluding carboxylic acids is 2. The molecule has 0 unspecified atom stereocenters. The number of Topliss-reactive ketones (excluding diaryl/α,β-unsaturated/α-hetero) is 1. The number of amides is 1. The van der Waals surface area contributed by atoms with Gasteiger partial charge >= 0.3 is 0 Å². The number of nitrogens with one attached hydrogen (secondary N) is 1. The standard InChI is InChI=1S/C15H15BrN2O3S/c1-10(19)13-9-22-15(17-13)18-14(20)6-3-7-21-12-5-2-4-11(16)8-12/h2,4-5,8-9H,3,6-7H2,1H3,(H,17,18,20). The molecule has 2 aromatic rings. The summed E-state index contributed by atoms with van der Waals surface area (Å²) in [6, 6.07) is 7.55. The van der Waals surface area contributed by atoms with Crippen molar-refractivity contribution in [2.75, 3.05) is 11.9 Å². The van der Waals surface area contributed by atoms with Crippen LogP contribution in [0.5, 0.6) is 5.75 Å². The summed E-state index contributed by atoms with van der Waals surface area (Å²) in [5.74, 6) is 0.516. The highest BCUT2D eigenvalue weighted by molar-refractivity contribution is 9.10. The molecule has 1 amide bonds. The Morgan fingerprint density at radius 1 is 1.41 bits per heavy atom. The fraction of sp³-hybridized carbons (Fsp3) is 0.267. The SMILES string of the molecule is CC(=O)c1csc(NC(=O)CCCOc2cccc(Br)c2)n1. The summed E-state index contributed by atoms with van der Waals surface area (Å²) in [5.41, 5.74) is 0.373. The number of hydrogen-bond donors (Lipinski definition) is 1. The maximum absolute atomic E-state index is 11.8. The fourth-order valence-corrected chi connectivity index (χ4v) is 2.80. The summed E-state index contributed by atoms with van der Waals surface area (Å²) in [7, 11) is 0. The Bertz CT molecular complexity index is 672. The van der Waals surface area contributed by atoms with Gasteiger partial charge in [-0.15, -0.1) is 11.3 Å². The van der Waals surface area contributed by atoms with Crippen LogP contribution in [0.15, 0.2) is 34.1 Å². The lowest BCUT2D eigenvalue weighted by Gasteiger charge is -2.06. The van der Waals surface area contributed by atoms with Crippen LogP contribution in [0.2, 0.25) is 0 Å². The van der Waals surface area contributed by atoms with E-state index in [0.717, 1.165) is 10.2 Å². The third-order valence-electron chi connectivity index (χ3n) is 2.72. The minimum atomic E-state index is -0.137. The van der Waals surface area contributed by atoms with Gasteiger partial charge in [-0.05, 0) is 24.6 Å². The van der Waals surface area contributed by atoms with Crippen molar-refractivity contribution in [2.45, 2.75) is 19.8 Å². The normalized spacial score (nSPS) is 10.3. The number of carbonyl (C=O) groups is 2. The van der Waals surface area contributed by atoms with Crippen molar-refractivity contribution in [3.63, 3.8) is 0 Å². The van der Waals surface area contributed by atoms with Gasteiger partial charge in [0.2, 0.25) is 5.91 Å². The van der Waals surface area contributed by atoms with E-state index >= 15 is 0 Å². The number of halogens is 1. The number of rotatable bonds is 7. The van der Waals surface area contributed by atoms with Gasteiger partial charge < -0.3 is 10.1 Å². The number of ether oxygens (including phenoxy) is 1. The molecule has 0 aliphatic heterocycles. The molecule has 2 rings (SSSR count). The van der Waals surface area contributed by atoms with Crippen molar-refractivity contribution in [2.24, 2.45) is 0 Å². The topological polar surface area (TPSA) is 68.3 Å². The molecule has 1 aromatic heterocycles. The molecular formula is C15H15BrN2O3S. The minimum Gasteiger partial charge on any atom is -0.494 e. The fourth-order valence-electron chi connectivity index (χ4n) is 1.65. The summed E-state index contributed by atoms with van der Waals surface area (Å²) in [4.78, 5) is 26.9. The number of nitrogens with zero attached hydrogens (tertiary/aromatic N) is 1. The second kappa shape index (κ2) is 8.05. The second-order valence-corrected chi connectivity index (χ2v) is 6.33. The molecule has 0 fully saturated rings. The molecule has 5 nitrogen and oxygen atoms in total. The first-order chi connectivity index (χ1) is 10.5. The summed E-state index contributed by atoms with van der Waals surface area (Å²) in [6.45, 7) is 1.90. The number of anilines is 1. The van der Waals surface area contributed by atoms with Gasteiger partial charge in [-0.3, -0.25) is 9.59 Å². The number of benzene rings is 1. The van der Waals surface area contributed by atoms with E-state index in [2.05, 4.69) is 26.2 Å². The third kappa shape index (κ3) is 5.23. The Morgan fingerprint density at radius 3 is 2.91 bits per heavy atom. The van der Waals surface area contributed by atoms with Gasteiger partial charge in [-0.25, -0.2) is 4.98 Å². The van der Waals surface area contributed by atoms with Crippen LogP contribution in [0.1, 0.15) is 30.3 Å². The van der Waals surface area contributed by atoms with Crippen LogP contribution in [0.25, 0.3) is 0 Å². The van der Waals surface area contributed by atoms with Crippen LogP contribution in [-0.4, -0.2) is 23.3 Å². The average molecular weight is 383 g/mol. The van der Waals surface area contributed by atoms with E-state index in [-0.39, 0.29) is 11.7 Å². The molecule has 0 saturated carbocycles. The molecule has 7 heteroatoms. The van der Waals surface area contributed by atoms with Crippen molar-refractivity contribution in [3.05, 3.63) is 39.8 Å². The first kappa shape index (κ1) is 16.6. The molecule has 0 bridgehead atoms. The van der Waals surface area contributed by atoms with Crippen LogP contribution in [0.4, 0.5) is 5.13 Å². The van der Waals surface area contributed by atoms with Crippen molar-refractivity contribution in [1.82, 2.24) is 4.98 Å². The maximum Gasteiger partial charge on any atom is 0.226 e. The van der Waals surface area contributed by atoms with E-state index in [9.17, 15) is 9.59 Å². The van der Waals surface area contributed by atoms with Crippen LogP contribution in [0, 0.1) is 0 Å². The van der Waals surface area contributed by atoms with Crippen LogP contribution < -0.4 is 10.1 Å². The van der Waals surface area contributed by atoms with Crippen molar-refractivity contribution in [1.29, 1.82) is 0 Å². The number of ketones is 1. The maximum atomic E-state index is 11.8. The monoisotopic (exact) mass is 382 g/mol. The third-order valence-corrected chi connectivity index (χ3v) is 3.98. The Hall–Kier alpha value is -1.73. The van der Waals surface area contributed by atoms with E-state index in [4.69, 9.17) is 4.74 Å². The molecule has 22 heavy (non-hydrogen) atoms. The van der Waals surface area contributed by atoms with Crippen LogP contribution in [0.3, 0.4) is 0 Å². The molecule has 1 heterocycles. The minimum absolute atomic E-state index is 0.112. The highest BCUT2D eigenvalue weighted by Gasteiger charge is 2.09. The van der Waals surface area contributed by atoms with E-state index in [1.165, 1.54) is 18.3 Å². The zero-order valence-corrected chi connectivity index (χ0v) is 14.4. The molecule has 0 spiro atoms. The molecule has 0 saturated heterocycles. The zero-order chi connectivity index (χ0) is 15.9. The van der Waals surface area contributed by atoms with Gasteiger partial charge in [-0.2, -0.15) is 0 Å². The Labute approximate surface area is 140 Å². The molecule has 0 aliphatic rings. The molecular weight excluding hydrogens is 368 g/mol. The molecule has 0 atom stereocenters. The number of aromatic nitrogens is 1. The Balaban J connectivity index is 1.70. The Kier molecular flexibility index (Phi) is 6.09. The lowest BCUT2D eigenvalue weighted by atomic mass is 10.3. The molecule has 0 aliphatic carbocycles. The predicted molar refractivity (Wildman–Crippen MR) is 89.6 cm³/mol. The average Bonchev–Trinajstić information content (AvgIpc) is 2.92. The van der Waals surface area contributed by atoms with Crippen LogP contribution in [-0.2, 0) is 4.79 Å². The first-order valence-corrected chi connectivity index (χ1v) is 8.36. The molecule has 0 radical (unpaired) electrons. The van der Waals surface area contributed by atoms with Gasteiger partial charge in [0.05, 0.1) is 6.61 Å². The van der Waals surface area contributed by atoms with E-state index in [1.807, 2.05) is 24.3 Å². The molecule has 116 valence electrons. The summed E-state index contributed by atoms with van der Waals surface area (Å²) < 4.78 is 6.51. The van der Waals surface area contributed by atoms with Crippen molar-refractivity contribution >= 4 is 44.1 Å². The lowest BCUT2D eigenvalue weighted by molar-refractivity contribution is -0.116. The number of hydrogen-bond acceptors (Lipinski definition) is 5. The molecule has 1 aromatic carbocycles. The van der Waals surface area contributed by atoms with Gasteiger partial charge in [0.1, 0.15) is 11.4 Å². The lowest BCUT2D eigenvalue weighted by Crippen LogP contribution is -2.12. The van der Waals surface area contributed by atoms with E-state index in [0.29, 0.717) is 30.3 Å². The van der Waals surface area contributed by atoms with Gasteiger partial charge in [-0.1, -0.05) is 22.0 Å². The highest BCUT2D eigenvalue weighted by atomic mass is 79.9. The first-order valence-electron chi connectivity index (χ1n) is 6.69. The molecule has 1 N–H and O–H groups in total. The summed E-state index contributed by atoms with van der Waals surface area (Å²) in [6.07, 6.45) is 0.937. The van der Waals surface area contributed by atoms with E-state index in [1.54, 1.807) is 5.38 Å². The largest absolute Gasteiger partial charge is 0.494 e. The van der Waals surface area contributed by atoms with Gasteiger partial charge in [0.25, 0.3) is 0 Å². The van der Waals surface area contributed by atoms with E-state index < -0.39 is 0 Å². The zero-order valence-electron chi connectivity index (χ0n) is 12.0. The second-order valence-electron chi connectivity index (χ2n) is 4.55. The van der Waals surface area contributed by atoms with Gasteiger partial charge in [0, 0.05) is 23.2 Å². The summed E-state index contributed by atoms with van der Waals surface area (Å²) >= 11 is 4.61. The van der Waals surface area contributed by atoms with Crippen molar-refractivity contribution < 1.29 is 14.3 Å². The smallest absolute Gasteiger partial charge is 0.226 e. The van der Waals surface area contributed by atoms with Gasteiger partial charge in [0.15, 0.2) is 10.9 Å². The summed E-state index contributed by atoms with van der Waals surface area (Å²) in [5, 5.41) is 4.76.